The first-order valence-electron chi connectivity index (χ1n) is 7.12. The number of para-hydroxylation sites is 1. The van der Waals surface area contributed by atoms with Crippen LogP contribution in [0.15, 0.2) is 60.8 Å². The van der Waals surface area contributed by atoms with Crippen LogP contribution < -0.4 is 4.90 Å². The average Bonchev–Trinajstić information content (AvgIpc) is 2.56. The SMILES string of the molecule is CCN(C(=O)c1cccc2cccnc12)c1ccc(F)cc1. The smallest absolute Gasteiger partial charge is 0.260 e. The fraction of sp³-hybridized carbons (Fsp3) is 0.111. The summed E-state index contributed by atoms with van der Waals surface area (Å²) in [7, 11) is 0. The zero-order valence-corrected chi connectivity index (χ0v) is 12.2. The molecule has 1 aromatic heterocycles. The van der Waals surface area contributed by atoms with Crippen molar-refractivity contribution in [3.8, 4) is 0 Å². The summed E-state index contributed by atoms with van der Waals surface area (Å²) in [4.78, 5) is 18.8. The van der Waals surface area contributed by atoms with E-state index in [4.69, 9.17) is 0 Å². The summed E-state index contributed by atoms with van der Waals surface area (Å²) in [6, 6.07) is 15.2. The monoisotopic (exact) mass is 294 g/mol. The molecule has 0 spiro atoms. The lowest BCUT2D eigenvalue weighted by Crippen LogP contribution is -2.30. The zero-order chi connectivity index (χ0) is 15.5. The Morgan fingerprint density at radius 1 is 1.09 bits per heavy atom. The van der Waals surface area contributed by atoms with E-state index in [0.29, 0.717) is 23.3 Å². The molecule has 110 valence electrons. The summed E-state index contributed by atoms with van der Waals surface area (Å²) >= 11 is 0. The second-order valence-corrected chi connectivity index (χ2v) is 4.91. The number of nitrogens with zero attached hydrogens (tertiary/aromatic N) is 2. The Hall–Kier alpha value is -2.75. The third-order valence-electron chi connectivity index (χ3n) is 3.56. The van der Waals surface area contributed by atoms with E-state index in [1.54, 1.807) is 29.3 Å². The van der Waals surface area contributed by atoms with Crippen molar-refractivity contribution in [2.45, 2.75) is 6.92 Å². The molecule has 2 aromatic carbocycles. The fourth-order valence-corrected chi connectivity index (χ4v) is 2.49. The topological polar surface area (TPSA) is 33.2 Å². The molecule has 0 aliphatic rings. The summed E-state index contributed by atoms with van der Waals surface area (Å²) in [6.07, 6.45) is 1.67. The molecule has 0 N–H and O–H groups in total. The van der Waals surface area contributed by atoms with Gasteiger partial charge in [0, 0.05) is 23.8 Å². The lowest BCUT2D eigenvalue weighted by molar-refractivity contribution is 0.0989. The van der Waals surface area contributed by atoms with Crippen molar-refractivity contribution in [1.82, 2.24) is 4.98 Å². The largest absolute Gasteiger partial charge is 0.309 e. The molecule has 3 aromatic rings. The lowest BCUT2D eigenvalue weighted by atomic mass is 10.1. The Bertz CT molecular complexity index is 809. The molecular weight excluding hydrogens is 279 g/mol. The molecule has 1 amide bonds. The second kappa shape index (κ2) is 5.93. The Kier molecular flexibility index (Phi) is 3.83. The summed E-state index contributed by atoms with van der Waals surface area (Å²) in [5.41, 5.74) is 1.89. The van der Waals surface area contributed by atoms with Crippen LogP contribution in [-0.2, 0) is 0 Å². The van der Waals surface area contributed by atoms with E-state index >= 15 is 0 Å². The van der Waals surface area contributed by atoms with Gasteiger partial charge in [0.25, 0.3) is 5.91 Å². The van der Waals surface area contributed by atoms with Gasteiger partial charge in [-0.05, 0) is 43.3 Å². The number of anilines is 1. The highest BCUT2D eigenvalue weighted by atomic mass is 19.1. The average molecular weight is 294 g/mol. The predicted molar refractivity (Wildman–Crippen MR) is 85.5 cm³/mol. The van der Waals surface area contributed by atoms with Crippen LogP contribution in [0, 0.1) is 5.82 Å². The molecule has 0 bridgehead atoms. The van der Waals surface area contributed by atoms with Gasteiger partial charge >= 0.3 is 0 Å². The molecule has 3 rings (SSSR count). The standard InChI is InChI=1S/C18H15FN2O/c1-2-21(15-10-8-14(19)9-11-15)18(22)16-7-3-5-13-6-4-12-20-17(13)16/h3-12H,2H2,1H3. The van der Waals surface area contributed by atoms with Crippen molar-refractivity contribution in [1.29, 1.82) is 0 Å². The Balaban J connectivity index is 2.05. The third-order valence-corrected chi connectivity index (χ3v) is 3.56. The summed E-state index contributed by atoms with van der Waals surface area (Å²) in [5.74, 6) is -0.461. The highest BCUT2D eigenvalue weighted by molar-refractivity contribution is 6.13. The van der Waals surface area contributed by atoms with Gasteiger partial charge in [-0.2, -0.15) is 0 Å². The molecule has 0 aliphatic carbocycles. The third kappa shape index (κ3) is 2.55. The highest BCUT2D eigenvalue weighted by Crippen LogP contribution is 2.22. The highest BCUT2D eigenvalue weighted by Gasteiger charge is 2.18. The van der Waals surface area contributed by atoms with Gasteiger partial charge in [-0.15, -0.1) is 0 Å². The number of carbonyl (C=O) groups is 1. The van der Waals surface area contributed by atoms with Gasteiger partial charge in [0.1, 0.15) is 5.82 Å². The number of aromatic nitrogens is 1. The van der Waals surface area contributed by atoms with Crippen molar-refractivity contribution in [2.24, 2.45) is 0 Å². The summed E-state index contributed by atoms with van der Waals surface area (Å²) in [6.45, 7) is 2.38. The maximum Gasteiger partial charge on any atom is 0.260 e. The van der Waals surface area contributed by atoms with Crippen LogP contribution in [0.2, 0.25) is 0 Å². The van der Waals surface area contributed by atoms with E-state index in [2.05, 4.69) is 4.98 Å². The van der Waals surface area contributed by atoms with Gasteiger partial charge in [-0.1, -0.05) is 18.2 Å². The minimum atomic E-state index is -0.320. The van der Waals surface area contributed by atoms with E-state index in [-0.39, 0.29) is 11.7 Å². The summed E-state index contributed by atoms with van der Waals surface area (Å²) in [5, 5.41) is 0.920. The molecule has 0 saturated carbocycles. The molecule has 0 saturated heterocycles. The molecule has 0 radical (unpaired) electrons. The molecule has 3 nitrogen and oxygen atoms in total. The van der Waals surface area contributed by atoms with E-state index < -0.39 is 0 Å². The van der Waals surface area contributed by atoms with Gasteiger partial charge < -0.3 is 4.90 Å². The molecule has 0 aliphatic heterocycles. The molecular formula is C18H15FN2O. The van der Waals surface area contributed by atoms with Gasteiger partial charge in [0.15, 0.2) is 0 Å². The minimum Gasteiger partial charge on any atom is -0.309 e. The fourth-order valence-electron chi connectivity index (χ4n) is 2.49. The van der Waals surface area contributed by atoms with Crippen molar-refractivity contribution in [3.63, 3.8) is 0 Å². The van der Waals surface area contributed by atoms with Crippen molar-refractivity contribution in [2.75, 3.05) is 11.4 Å². The van der Waals surface area contributed by atoms with Crippen molar-refractivity contribution >= 4 is 22.5 Å². The maximum absolute atomic E-state index is 13.1. The van der Waals surface area contributed by atoms with Crippen LogP contribution >= 0.6 is 0 Å². The van der Waals surface area contributed by atoms with Crippen LogP contribution in [0.3, 0.4) is 0 Å². The van der Waals surface area contributed by atoms with Gasteiger partial charge in [0.05, 0.1) is 11.1 Å². The second-order valence-electron chi connectivity index (χ2n) is 4.91. The quantitative estimate of drug-likeness (QED) is 0.730. The Morgan fingerprint density at radius 3 is 2.55 bits per heavy atom. The number of hydrogen-bond donors (Lipinski definition) is 0. The molecule has 4 heteroatoms. The minimum absolute atomic E-state index is 0.140. The molecule has 0 fully saturated rings. The Morgan fingerprint density at radius 2 is 1.82 bits per heavy atom. The van der Waals surface area contributed by atoms with Crippen LogP contribution in [0.1, 0.15) is 17.3 Å². The number of pyridine rings is 1. The normalized spacial score (nSPS) is 10.6. The Labute approximate surface area is 128 Å². The molecule has 0 atom stereocenters. The summed E-state index contributed by atoms with van der Waals surface area (Å²) < 4.78 is 13.1. The van der Waals surface area contributed by atoms with Crippen molar-refractivity contribution < 1.29 is 9.18 Å². The predicted octanol–water partition coefficient (Wildman–Crippen LogP) is 4.04. The van der Waals surface area contributed by atoms with Gasteiger partial charge in [0.2, 0.25) is 0 Å². The number of rotatable bonds is 3. The van der Waals surface area contributed by atoms with E-state index in [1.165, 1.54) is 12.1 Å². The molecule has 0 unspecified atom stereocenters. The number of benzene rings is 2. The van der Waals surface area contributed by atoms with E-state index in [0.717, 1.165) is 5.39 Å². The first kappa shape index (κ1) is 14.2. The van der Waals surface area contributed by atoms with E-state index in [1.807, 2.05) is 31.2 Å². The zero-order valence-electron chi connectivity index (χ0n) is 12.2. The number of amides is 1. The molecule has 1 heterocycles. The maximum atomic E-state index is 13.1. The van der Waals surface area contributed by atoms with Crippen LogP contribution in [0.25, 0.3) is 10.9 Å². The van der Waals surface area contributed by atoms with Crippen LogP contribution in [0.4, 0.5) is 10.1 Å². The number of fused-ring (bicyclic) bond motifs is 1. The lowest BCUT2D eigenvalue weighted by Gasteiger charge is -2.21. The van der Waals surface area contributed by atoms with Gasteiger partial charge in [-0.3, -0.25) is 9.78 Å². The van der Waals surface area contributed by atoms with Crippen molar-refractivity contribution in [3.05, 3.63) is 72.2 Å². The van der Waals surface area contributed by atoms with E-state index in [9.17, 15) is 9.18 Å². The number of halogens is 1. The first-order chi connectivity index (χ1) is 10.7. The van der Waals surface area contributed by atoms with Crippen LogP contribution in [-0.4, -0.2) is 17.4 Å². The number of hydrogen-bond acceptors (Lipinski definition) is 2. The first-order valence-corrected chi connectivity index (χ1v) is 7.12. The molecule has 22 heavy (non-hydrogen) atoms. The van der Waals surface area contributed by atoms with Gasteiger partial charge in [-0.25, -0.2) is 4.39 Å². The number of carbonyl (C=O) groups excluding carboxylic acids is 1. The van der Waals surface area contributed by atoms with Crippen LogP contribution in [0.5, 0.6) is 0 Å².